The number of nitrogens with zero attached hydrogens (tertiary/aromatic N) is 5. The number of anilines is 1. The van der Waals surface area contributed by atoms with E-state index in [2.05, 4.69) is 25.1 Å². The Morgan fingerprint density at radius 1 is 1.05 bits per heavy atom. The topological polar surface area (TPSA) is 70.2 Å². The fourth-order valence-corrected chi connectivity index (χ4v) is 7.01. The van der Waals surface area contributed by atoms with Crippen LogP contribution in [0.4, 0.5) is 19.0 Å². The maximum absolute atomic E-state index is 16.6. The van der Waals surface area contributed by atoms with Gasteiger partial charge in [0.15, 0.2) is 5.82 Å². The Hall–Kier alpha value is -3.37. The molecule has 2 aromatic carbocycles. The van der Waals surface area contributed by atoms with Gasteiger partial charge in [0.1, 0.15) is 29.6 Å². The van der Waals surface area contributed by atoms with Crippen molar-refractivity contribution in [2.45, 2.75) is 44.6 Å². The first kappa shape index (κ1) is 25.6. The maximum atomic E-state index is 16.6. The number of hydrogen-bond donors (Lipinski definition) is 1. The first-order chi connectivity index (χ1) is 19.3. The third kappa shape index (κ3) is 4.03. The van der Waals surface area contributed by atoms with Gasteiger partial charge in [-0.2, -0.15) is 15.1 Å². The Balaban J connectivity index is 1.40. The van der Waals surface area contributed by atoms with Crippen LogP contribution in [0.3, 0.4) is 0 Å². The number of halogens is 4. The molecule has 0 radical (unpaired) electrons. The lowest BCUT2D eigenvalue weighted by Gasteiger charge is -2.31. The zero-order chi connectivity index (χ0) is 27.6. The van der Waals surface area contributed by atoms with Crippen molar-refractivity contribution in [1.29, 1.82) is 0 Å². The lowest BCUT2D eigenvalue weighted by atomic mass is 9.94. The molecule has 7 nitrogen and oxygen atoms in total. The zero-order valence-electron chi connectivity index (χ0n) is 22.0. The fraction of sp³-hybridized carbons (Fsp3) is 0.414. The van der Waals surface area contributed by atoms with E-state index in [0.29, 0.717) is 47.2 Å². The largest absolute Gasteiger partial charge is 0.461 e. The van der Waals surface area contributed by atoms with Crippen LogP contribution >= 0.6 is 11.6 Å². The van der Waals surface area contributed by atoms with Crippen LogP contribution in [0, 0.1) is 18.6 Å². The molecule has 5 heterocycles. The number of H-pyrrole nitrogens is 1. The van der Waals surface area contributed by atoms with Gasteiger partial charge in [-0.05, 0) is 75.9 Å². The SMILES string of the molecule is Cc1c(F)cc2[nH]ncc2c1-c1c(Cl)cc2c(N3CCC=C(F)C3)nc(OCC34CCCN3CCC4)nc2c1F. The van der Waals surface area contributed by atoms with Gasteiger partial charge in [-0.3, -0.25) is 10.00 Å². The second-order valence-electron chi connectivity index (χ2n) is 11.0. The summed E-state index contributed by atoms with van der Waals surface area (Å²) >= 11 is 6.73. The van der Waals surface area contributed by atoms with E-state index in [1.165, 1.54) is 12.3 Å². The fourth-order valence-electron chi connectivity index (χ4n) is 6.72. The molecule has 2 saturated heterocycles. The molecule has 2 aromatic heterocycles. The van der Waals surface area contributed by atoms with Crippen molar-refractivity contribution in [3.63, 3.8) is 0 Å². The third-order valence-electron chi connectivity index (χ3n) is 8.72. The Labute approximate surface area is 234 Å². The van der Waals surface area contributed by atoms with E-state index in [1.54, 1.807) is 24.0 Å². The van der Waals surface area contributed by atoms with E-state index in [1.807, 2.05) is 0 Å². The molecule has 11 heteroatoms. The molecule has 40 heavy (non-hydrogen) atoms. The summed E-state index contributed by atoms with van der Waals surface area (Å²) in [5.41, 5.74) is 0.914. The van der Waals surface area contributed by atoms with Crippen molar-refractivity contribution in [2.24, 2.45) is 0 Å². The first-order valence-corrected chi connectivity index (χ1v) is 14.0. The number of nitrogens with one attached hydrogen (secondary N) is 1. The van der Waals surface area contributed by atoms with Gasteiger partial charge in [-0.1, -0.05) is 11.6 Å². The summed E-state index contributed by atoms with van der Waals surface area (Å²) in [6.45, 7) is 4.55. The molecule has 0 unspecified atom stereocenters. The number of benzene rings is 2. The smallest absolute Gasteiger partial charge is 0.319 e. The molecule has 0 bridgehead atoms. The van der Waals surface area contributed by atoms with Crippen LogP contribution < -0.4 is 9.64 Å². The molecular formula is C29H28ClF3N6O. The van der Waals surface area contributed by atoms with Crippen LogP contribution in [0.15, 0.2) is 30.2 Å². The van der Waals surface area contributed by atoms with E-state index < -0.39 is 11.6 Å². The first-order valence-electron chi connectivity index (χ1n) is 13.6. The highest BCUT2D eigenvalue weighted by Crippen LogP contribution is 2.44. The standard InChI is InChI=1S/C29H28ClF3N6O/c1-16-21(32)12-22-19(13-34-37-22)23(16)24-20(30)11-18-26(25(24)33)35-28(36-27(18)38-8-2-5-17(31)14-38)40-15-29-6-3-9-39(29)10-4-7-29/h5,11-13H,2-4,6-10,14-15H2,1H3,(H,34,37). The summed E-state index contributed by atoms with van der Waals surface area (Å²) in [6.07, 6.45) is 7.83. The second-order valence-corrected chi connectivity index (χ2v) is 11.4. The number of ether oxygens (including phenoxy) is 1. The van der Waals surface area contributed by atoms with E-state index in [0.717, 1.165) is 38.8 Å². The minimum Gasteiger partial charge on any atom is -0.461 e. The molecule has 0 amide bonds. The Morgan fingerprint density at radius 3 is 2.62 bits per heavy atom. The van der Waals surface area contributed by atoms with Crippen molar-refractivity contribution in [3.05, 3.63) is 52.5 Å². The quantitative estimate of drug-likeness (QED) is 0.297. The summed E-state index contributed by atoms with van der Waals surface area (Å²) in [4.78, 5) is 13.4. The van der Waals surface area contributed by atoms with Gasteiger partial charge in [-0.25, -0.2) is 13.2 Å². The molecular weight excluding hydrogens is 541 g/mol. The van der Waals surface area contributed by atoms with Gasteiger partial charge in [0.2, 0.25) is 0 Å². The van der Waals surface area contributed by atoms with Crippen molar-refractivity contribution in [2.75, 3.05) is 37.7 Å². The van der Waals surface area contributed by atoms with Crippen LogP contribution in [-0.4, -0.2) is 63.4 Å². The molecule has 1 N–H and O–H groups in total. The van der Waals surface area contributed by atoms with Crippen LogP contribution in [0.25, 0.3) is 32.9 Å². The summed E-state index contributed by atoms with van der Waals surface area (Å²) < 4.78 is 52.1. The number of rotatable bonds is 5. The summed E-state index contributed by atoms with van der Waals surface area (Å²) in [7, 11) is 0. The van der Waals surface area contributed by atoms with Crippen LogP contribution in [0.5, 0.6) is 6.01 Å². The summed E-state index contributed by atoms with van der Waals surface area (Å²) in [5, 5.41) is 7.71. The molecule has 0 aliphatic carbocycles. The van der Waals surface area contributed by atoms with Gasteiger partial charge in [0.05, 0.1) is 28.8 Å². The third-order valence-corrected chi connectivity index (χ3v) is 9.02. The zero-order valence-corrected chi connectivity index (χ0v) is 22.8. The number of aromatic amines is 1. The molecule has 7 rings (SSSR count). The lowest BCUT2D eigenvalue weighted by Crippen LogP contribution is -2.43. The molecule has 3 aliphatic rings. The molecule has 2 fully saturated rings. The molecule has 0 saturated carbocycles. The minimum absolute atomic E-state index is 0.00288. The average molecular weight is 569 g/mol. The Bertz CT molecular complexity index is 1680. The second kappa shape index (κ2) is 9.62. The van der Waals surface area contributed by atoms with E-state index in [9.17, 15) is 8.78 Å². The average Bonchev–Trinajstić information content (AvgIpc) is 3.65. The predicted molar refractivity (Wildman–Crippen MR) is 149 cm³/mol. The minimum atomic E-state index is -0.721. The monoisotopic (exact) mass is 568 g/mol. The van der Waals surface area contributed by atoms with Gasteiger partial charge >= 0.3 is 6.01 Å². The maximum Gasteiger partial charge on any atom is 0.319 e. The van der Waals surface area contributed by atoms with Crippen molar-refractivity contribution in [3.8, 4) is 17.1 Å². The molecule has 4 aromatic rings. The molecule has 3 aliphatic heterocycles. The number of hydrogen-bond acceptors (Lipinski definition) is 6. The van der Waals surface area contributed by atoms with Crippen molar-refractivity contribution >= 4 is 39.2 Å². The van der Waals surface area contributed by atoms with E-state index in [4.69, 9.17) is 16.3 Å². The Morgan fingerprint density at radius 2 is 1.85 bits per heavy atom. The number of fused-ring (bicyclic) bond motifs is 3. The van der Waals surface area contributed by atoms with Gasteiger partial charge < -0.3 is 9.64 Å². The van der Waals surface area contributed by atoms with Gasteiger partial charge in [-0.15, -0.1) is 0 Å². The van der Waals surface area contributed by atoms with Gasteiger partial charge in [0, 0.05) is 28.4 Å². The van der Waals surface area contributed by atoms with Crippen molar-refractivity contribution in [1.82, 2.24) is 25.1 Å². The predicted octanol–water partition coefficient (Wildman–Crippen LogP) is 6.48. The van der Waals surface area contributed by atoms with Gasteiger partial charge in [0.25, 0.3) is 0 Å². The summed E-state index contributed by atoms with van der Waals surface area (Å²) in [6, 6.07) is 2.94. The van der Waals surface area contributed by atoms with E-state index in [-0.39, 0.29) is 45.6 Å². The van der Waals surface area contributed by atoms with E-state index >= 15 is 4.39 Å². The van der Waals surface area contributed by atoms with Crippen LogP contribution in [0.2, 0.25) is 5.02 Å². The highest BCUT2D eigenvalue weighted by atomic mass is 35.5. The number of aromatic nitrogens is 4. The molecule has 0 spiro atoms. The lowest BCUT2D eigenvalue weighted by molar-refractivity contribution is 0.108. The molecule has 208 valence electrons. The van der Waals surface area contributed by atoms with Crippen LogP contribution in [0.1, 0.15) is 37.7 Å². The normalized spacial score (nSPS) is 19.0. The highest BCUT2D eigenvalue weighted by molar-refractivity contribution is 6.35. The van der Waals surface area contributed by atoms with Crippen LogP contribution in [-0.2, 0) is 0 Å². The summed E-state index contributed by atoms with van der Waals surface area (Å²) in [5.74, 6) is -1.16. The highest BCUT2D eigenvalue weighted by Gasteiger charge is 2.45. The molecule has 0 atom stereocenters. The van der Waals surface area contributed by atoms with Crippen molar-refractivity contribution < 1.29 is 17.9 Å². The Kier molecular flexibility index (Phi) is 6.16.